The molecular formula is C19H24N2O3S. The summed E-state index contributed by atoms with van der Waals surface area (Å²) in [5.74, 6) is -0.346. The Morgan fingerprint density at radius 3 is 2.32 bits per heavy atom. The van der Waals surface area contributed by atoms with E-state index in [-0.39, 0.29) is 18.5 Å². The van der Waals surface area contributed by atoms with Crippen molar-refractivity contribution in [2.24, 2.45) is 0 Å². The van der Waals surface area contributed by atoms with Crippen molar-refractivity contribution in [2.75, 3.05) is 17.1 Å². The van der Waals surface area contributed by atoms with Gasteiger partial charge in [-0.25, -0.2) is 8.42 Å². The van der Waals surface area contributed by atoms with Crippen LogP contribution in [0.15, 0.2) is 48.5 Å². The van der Waals surface area contributed by atoms with Crippen molar-refractivity contribution in [1.82, 2.24) is 5.32 Å². The second-order valence-electron chi connectivity index (χ2n) is 6.26. The maximum absolute atomic E-state index is 12.4. The zero-order valence-electron chi connectivity index (χ0n) is 15.0. The van der Waals surface area contributed by atoms with Crippen LogP contribution in [-0.2, 0) is 14.8 Å². The summed E-state index contributed by atoms with van der Waals surface area (Å²) in [5.41, 5.74) is 3.34. The molecule has 0 aliphatic heterocycles. The van der Waals surface area contributed by atoms with Gasteiger partial charge in [0.15, 0.2) is 0 Å². The highest BCUT2D eigenvalue weighted by Crippen LogP contribution is 2.23. The lowest BCUT2D eigenvalue weighted by atomic mass is 10.1. The van der Waals surface area contributed by atoms with E-state index in [9.17, 15) is 13.2 Å². The molecule has 0 saturated heterocycles. The fraction of sp³-hybridized carbons (Fsp3) is 0.316. The van der Waals surface area contributed by atoms with Gasteiger partial charge >= 0.3 is 0 Å². The number of carbonyl (C=O) groups excluding carboxylic acids is 1. The van der Waals surface area contributed by atoms with Crippen LogP contribution in [0, 0.1) is 13.8 Å². The Kier molecular flexibility index (Phi) is 5.85. The Labute approximate surface area is 149 Å². The van der Waals surface area contributed by atoms with Gasteiger partial charge in [0.2, 0.25) is 15.9 Å². The van der Waals surface area contributed by atoms with Crippen LogP contribution in [0.1, 0.15) is 29.7 Å². The summed E-state index contributed by atoms with van der Waals surface area (Å²) in [6, 6.07) is 14.8. The van der Waals surface area contributed by atoms with Gasteiger partial charge in [-0.15, -0.1) is 0 Å². The van der Waals surface area contributed by atoms with E-state index >= 15 is 0 Å². The molecule has 5 nitrogen and oxygen atoms in total. The molecule has 2 aromatic rings. The predicted molar refractivity (Wildman–Crippen MR) is 101 cm³/mol. The van der Waals surface area contributed by atoms with Gasteiger partial charge in [0.1, 0.15) is 6.54 Å². The Balaban J connectivity index is 2.19. The fourth-order valence-corrected chi connectivity index (χ4v) is 3.62. The minimum atomic E-state index is -3.58. The van der Waals surface area contributed by atoms with E-state index in [1.54, 1.807) is 6.07 Å². The van der Waals surface area contributed by atoms with Gasteiger partial charge in [0.05, 0.1) is 18.0 Å². The third kappa shape index (κ3) is 5.06. The lowest BCUT2D eigenvalue weighted by Gasteiger charge is -2.25. The molecule has 0 aliphatic carbocycles. The maximum Gasteiger partial charge on any atom is 0.241 e. The van der Waals surface area contributed by atoms with Crippen LogP contribution in [0.4, 0.5) is 5.69 Å². The topological polar surface area (TPSA) is 66.5 Å². The monoisotopic (exact) mass is 360 g/mol. The lowest BCUT2D eigenvalue weighted by molar-refractivity contribution is -0.120. The Hall–Kier alpha value is -2.34. The predicted octanol–water partition coefficient (Wildman–Crippen LogP) is 2.95. The molecular weight excluding hydrogens is 336 g/mol. The van der Waals surface area contributed by atoms with E-state index < -0.39 is 10.0 Å². The van der Waals surface area contributed by atoms with Crippen LogP contribution in [0.2, 0.25) is 0 Å². The maximum atomic E-state index is 12.4. The first-order valence-corrected chi connectivity index (χ1v) is 9.92. The summed E-state index contributed by atoms with van der Waals surface area (Å²) < 4.78 is 25.6. The molecule has 2 rings (SSSR count). The van der Waals surface area contributed by atoms with E-state index in [0.29, 0.717) is 5.69 Å². The van der Waals surface area contributed by atoms with Gasteiger partial charge in [0, 0.05) is 0 Å². The average molecular weight is 360 g/mol. The molecule has 0 radical (unpaired) electrons. The number of aryl methyl sites for hydroxylation is 2. The first kappa shape index (κ1) is 19.0. The highest BCUT2D eigenvalue weighted by atomic mass is 32.2. The van der Waals surface area contributed by atoms with E-state index in [1.807, 2.05) is 63.2 Å². The molecule has 6 heteroatoms. The molecule has 0 saturated carbocycles. The van der Waals surface area contributed by atoms with Crippen molar-refractivity contribution in [3.63, 3.8) is 0 Å². The SMILES string of the molecule is Cc1ccc(N(CC(=O)N[C@@H](C)c2ccccc2)S(C)(=O)=O)c(C)c1. The summed E-state index contributed by atoms with van der Waals surface area (Å²) in [7, 11) is -3.58. The zero-order valence-corrected chi connectivity index (χ0v) is 15.8. The van der Waals surface area contributed by atoms with Gasteiger partial charge in [-0.05, 0) is 38.0 Å². The molecule has 0 bridgehead atoms. The van der Waals surface area contributed by atoms with Crippen LogP contribution in [-0.4, -0.2) is 27.1 Å². The number of amides is 1. The molecule has 0 aromatic heterocycles. The third-order valence-corrected chi connectivity index (χ3v) is 5.11. The average Bonchev–Trinajstić information content (AvgIpc) is 2.53. The quantitative estimate of drug-likeness (QED) is 0.861. The first-order chi connectivity index (χ1) is 11.7. The molecule has 0 fully saturated rings. The van der Waals surface area contributed by atoms with Crippen molar-refractivity contribution in [1.29, 1.82) is 0 Å². The van der Waals surface area contributed by atoms with Gasteiger partial charge < -0.3 is 5.32 Å². The van der Waals surface area contributed by atoms with Crippen molar-refractivity contribution in [3.8, 4) is 0 Å². The molecule has 1 N–H and O–H groups in total. The molecule has 0 unspecified atom stereocenters. The molecule has 0 aliphatic rings. The largest absolute Gasteiger partial charge is 0.348 e. The summed E-state index contributed by atoms with van der Waals surface area (Å²) >= 11 is 0. The standard InChI is InChI=1S/C19H24N2O3S/c1-14-10-11-18(15(2)12-14)21(25(4,23)24)13-19(22)20-16(3)17-8-6-5-7-9-17/h5-12,16H,13H2,1-4H3,(H,20,22)/t16-/m0/s1. The molecule has 1 amide bonds. The summed E-state index contributed by atoms with van der Waals surface area (Å²) in [5, 5.41) is 2.85. The van der Waals surface area contributed by atoms with Crippen molar-refractivity contribution in [3.05, 3.63) is 65.2 Å². The van der Waals surface area contributed by atoms with Gasteiger partial charge in [0.25, 0.3) is 0 Å². The molecule has 134 valence electrons. The molecule has 25 heavy (non-hydrogen) atoms. The van der Waals surface area contributed by atoms with Crippen LogP contribution in [0.5, 0.6) is 0 Å². The zero-order chi connectivity index (χ0) is 18.6. The highest BCUT2D eigenvalue weighted by molar-refractivity contribution is 7.92. The van der Waals surface area contributed by atoms with Crippen molar-refractivity contribution in [2.45, 2.75) is 26.8 Å². The fourth-order valence-electron chi connectivity index (χ4n) is 2.71. The van der Waals surface area contributed by atoms with E-state index in [1.165, 1.54) is 0 Å². The van der Waals surface area contributed by atoms with Crippen molar-refractivity contribution < 1.29 is 13.2 Å². The second-order valence-corrected chi connectivity index (χ2v) is 8.17. The smallest absolute Gasteiger partial charge is 0.241 e. The van der Waals surface area contributed by atoms with E-state index in [2.05, 4.69) is 5.32 Å². The number of hydrogen-bond donors (Lipinski definition) is 1. The van der Waals surface area contributed by atoms with Gasteiger partial charge in [-0.1, -0.05) is 48.0 Å². The van der Waals surface area contributed by atoms with Crippen LogP contribution in [0.25, 0.3) is 0 Å². The molecule has 1 atom stereocenters. The number of nitrogens with zero attached hydrogens (tertiary/aromatic N) is 1. The Morgan fingerprint density at radius 1 is 1.12 bits per heavy atom. The van der Waals surface area contributed by atoms with Crippen molar-refractivity contribution >= 4 is 21.6 Å². The number of hydrogen-bond acceptors (Lipinski definition) is 3. The second kappa shape index (κ2) is 7.70. The van der Waals surface area contributed by atoms with E-state index in [4.69, 9.17) is 0 Å². The number of nitrogens with one attached hydrogen (secondary N) is 1. The number of benzene rings is 2. The summed E-state index contributed by atoms with van der Waals surface area (Å²) in [6.07, 6.45) is 1.11. The molecule has 0 heterocycles. The Morgan fingerprint density at radius 2 is 1.76 bits per heavy atom. The minimum absolute atomic E-state index is 0.200. The Bertz CT molecular complexity index is 848. The summed E-state index contributed by atoms with van der Waals surface area (Å²) in [6.45, 7) is 5.40. The third-order valence-electron chi connectivity index (χ3n) is 3.99. The number of carbonyl (C=O) groups is 1. The van der Waals surface area contributed by atoms with Crippen LogP contribution < -0.4 is 9.62 Å². The van der Waals surface area contributed by atoms with E-state index in [0.717, 1.165) is 27.3 Å². The molecule has 0 spiro atoms. The molecule has 2 aromatic carbocycles. The first-order valence-electron chi connectivity index (χ1n) is 8.08. The highest BCUT2D eigenvalue weighted by Gasteiger charge is 2.23. The number of anilines is 1. The van der Waals surface area contributed by atoms with Crippen LogP contribution >= 0.6 is 0 Å². The van der Waals surface area contributed by atoms with Crippen LogP contribution in [0.3, 0.4) is 0 Å². The van der Waals surface area contributed by atoms with Gasteiger partial charge in [-0.3, -0.25) is 9.10 Å². The summed E-state index contributed by atoms with van der Waals surface area (Å²) in [4.78, 5) is 12.4. The lowest BCUT2D eigenvalue weighted by Crippen LogP contribution is -2.41. The normalized spacial score (nSPS) is 12.5. The number of rotatable bonds is 6. The van der Waals surface area contributed by atoms with Gasteiger partial charge in [-0.2, -0.15) is 0 Å². The number of sulfonamides is 1. The minimum Gasteiger partial charge on any atom is -0.348 e.